The zero-order chi connectivity index (χ0) is 10.2. The highest BCUT2D eigenvalue weighted by Crippen LogP contribution is 2.30. The first kappa shape index (κ1) is 9.36. The second-order valence-corrected chi connectivity index (χ2v) is 4.94. The number of pyridine rings is 1. The van der Waals surface area contributed by atoms with Gasteiger partial charge in [0.2, 0.25) is 10.0 Å². The van der Waals surface area contributed by atoms with Crippen LogP contribution in [-0.4, -0.2) is 13.4 Å². The summed E-state index contributed by atoms with van der Waals surface area (Å²) in [6.07, 6.45) is 5.65. The highest BCUT2D eigenvalue weighted by atomic mass is 32.2. The van der Waals surface area contributed by atoms with Gasteiger partial charge < -0.3 is 0 Å². The maximum absolute atomic E-state index is 11.3. The Morgan fingerprint density at radius 2 is 2.29 bits per heavy atom. The maximum atomic E-state index is 11.3. The fourth-order valence-corrected chi connectivity index (χ4v) is 2.45. The first-order valence-electron chi connectivity index (χ1n) is 4.22. The third-order valence-corrected chi connectivity index (χ3v) is 3.43. The molecule has 1 aliphatic rings. The number of rotatable bonds is 1. The van der Waals surface area contributed by atoms with Crippen molar-refractivity contribution in [2.24, 2.45) is 5.14 Å². The minimum absolute atomic E-state index is 0.406. The van der Waals surface area contributed by atoms with Gasteiger partial charge >= 0.3 is 0 Å². The normalized spacial score (nSPS) is 20.5. The maximum Gasteiger partial charge on any atom is 0.218 e. The van der Waals surface area contributed by atoms with Crippen molar-refractivity contribution < 1.29 is 8.42 Å². The van der Waals surface area contributed by atoms with E-state index in [0.717, 1.165) is 5.56 Å². The average Bonchev–Trinajstić information content (AvgIpc) is 2.15. The summed E-state index contributed by atoms with van der Waals surface area (Å²) >= 11 is 0. The molecule has 1 atom stereocenters. The average molecular weight is 210 g/mol. The van der Waals surface area contributed by atoms with Gasteiger partial charge in [0.25, 0.3) is 0 Å². The largest absolute Gasteiger partial charge is 0.259 e. The van der Waals surface area contributed by atoms with Crippen molar-refractivity contribution in [1.29, 1.82) is 0 Å². The molecule has 2 N–H and O–H groups in total. The number of nitrogens with zero attached hydrogens (tertiary/aromatic N) is 1. The van der Waals surface area contributed by atoms with Crippen molar-refractivity contribution in [3.63, 3.8) is 0 Å². The highest BCUT2D eigenvalue weighted by Gasteiger charge is 2.27. The van der Waals surface area contributed by atoms with Crippen molar-refractivity contribution in [1.82, 2.24) is 4.98 Å². The summed E-state index contributed by atoms with van der Waals surface area (Å²) in [5.74, 6) is 0. The summed E-state index contributed by atoms with van der Waals surface area (Å²) < 4.78 is 22.5. The molecule has 4 nitrogen and oxygen atoms in total. The standard InChI is InChI=1S/C9H10N2O2S/c10-14(12,13)8-5-1-3-7-4-2-6-11-9(7)8/h1-4,6,8H,5H2,(H2,10,12,13). The summed E-state index contributed by atoms with van der Waals surface area (Å²) in [5.41, 5.74) is 1.38. The first-order chi connectivity index (χ1) is 6.59. The van der Waals surface area contributed by atoms with E-state index in [2.05, 4.69) is 4.98 Å². The fraction of sp³-hybridized carbons (Fsp3) is 0.222. The SMILES string of the molecule is NS(=O)(=O)C1CC=Cc2cccnc21. The van der Waals surface area contributed by atoms with Crippen LogP contribution in [-0.2, 0) is 10.0 Å². The van der Waals surface area contributed by atoms with E-state index >= 15 is 0 Å². The molecule has 1 aliphatic carbocycles. The molecule has 0 radical (unpaired) electrons. The van der Waals surface area contributed by atoms with E-state index in [1.807, 2.05) is 12.1 Å². The van der Waals surface area contributed by atoms with Gasteiger partial charge in [-0.05, 0) is 18.1 Å². The summed E-state index contributed by atoms with van der Waals surface area (Å²) in [5, 5.41) is 4.43. The molecule has 1 heterocycles. The summed E-state index contributed by atoms with van der Waals surface area (Å²) in [6.45, 7) is 0. The van der Waals surface area contributed by atoms with Crippen LogP contribution < -0.4 is 5.14 Å². The predicted molar refractivity (Wildman–Crippen MR) is 53.7 cm³/mol. The van der Waals surface area contributed by atoms with Crippen LogP contribution in [0.4, 0.5) is 0 Å². The van der Waals surface area contributed by atoms with Crippen LogP contribution in [0.1, 0.15) is 22.9 Å². The molecule has 0 aromatic carbocycles. The molecule has 1 aromatic heterocycles. The first-order valence-corrected chi connectivity index (χ1v) is 5.83. The van der Waals surface area contributed by atoms with Gasteiger partial charge in [-0.2, -0.15) is 0 Å². The number of sulfonamides is 1. The van der Waals surface area contributed by atoms with Crippen molar-refractivity contribution in [2.75, 3.05) is 0 Å². The lowest BCUT2D eigenvalue weighted by Gasteiger charge is -2.17. The lowest BCUT2D eigenvalue weighted by molar-refractivity contribution is 0.581. The Balaban J connectivity index is 2.57. The number of primary sulfonamides is 1. The van der Waals surface area contributed by atoms with Crippen molar-refractivity contribution in [3.8, 4) is 0 Å². The molecule has 0 spiro atoms. The summed E-state index contributed by atoms with van der Waals surface area (Å²) in [4.78, 5) is 4.06. The summed E-state index contributed by atoms with van der Waals surface area (Å²) in [7, 11) is -3.55. The van der Waals surface area contributed by atoms with Gasteiger partial charge in [-0.25, -0.2) is 13.6 Å². The Morgan fingerprint density at radius 1 is 1.50 bits per heavy atom. The van der Waals surface area contributed by atoms with Crippen molar-refractivity contribution in [2.45, 2.75) is 11.7 Å². The Kier molecular flexibility index (Phi) is 2.13. The zero-order valence-electron chi connectivity index (χ0n) is 7.42. The Morgan fingerprint density at radius 3 is 3.00 bits per heavy atom. The smallest absolute Gasteiger partial charge is 0.218 e. The van der Waals surface area contributed by atoms with E-state index < -0.39 is 15.3 Å². The molecule has 74 valence electrons. The fourth-order valence-electron chi connectivity index (χ4n) is 1.56. The second kappa shape index (κ2) is 3.18. The monoisotopic (exact) mass is 210 g/mol. The third kappa shape index (κ3) is 1.56. The molecular formula is C9H10N2O2S. The van der Waals surface area contributed by atoms with Gasteiger partial charge in [-0.15, -0.1) is 0 Å². The van der Waals surface area contributed by atoms with Gasteiger partial charge in [0.05, 0.1) is 5.69 Å². The van der Waals surface area contributed by atoms with E-state index in [0.29, 0.717) is 12.1 Å². The highest BCUT2D eigenvalue weighted by molar-refractivity contribution is 7.89. The number of aromatic nitrogens is 1. The number of allylic oxidation sites excluding steroid dienone is 1. The lowest BCUT2D eigenvalue weighted by Crippen LogP contribution is -2.24. The molecule has 0 saturated heterocycles. The van der Waals surface area contributed by atoms with Crippen LogP contribution in [0, 0.1) is 0 Å². The molecule has 5 heteroatoms. The Bertz CT molecular complexity index is 479. The number of nitrogens with two attached hydrogens (primary N) is 1. The van der Waals surface area contributed by atoms with Crippen LogP contribution in [0.2, 0.25) is 0 Å². The van der Waals surface area contributed by atoms with Crippen LogP contribution in [0.5, 0.6) is 0 Å². The van der Waals surface area contributed by atoms with Crippen molar-refractivity contribution in [3.05, 3.63) is 35.7 Å². The molecular weight excluding hydrogens is 200 g/mol. The number of fused-ring (bicyclic) bond motifs is 1. The number of hydrogen-bond donors (Lipinski definition) is 1. The lowest BCUT2D eigenvalue weighted by atomic mass is 10.0. The van der Waals surface area contributed by atoms with Crippen LogP contribution in [0.15, 0.2) is 24.4 Å². The van der Waals surface area contributed by atoms with Gasteiger partial charge in [-0.1, -0.05) is 18.2 Å². The second-order valence-electron chi connectivity index (χ2n) is 3.19. The van der Waals surface area contributed by atoms with E-state index in [1.165, 1.54) is 0 Å². The van der Waals surface area contributed by atoms with Crippen LogP contribution in [0.3, 0.4) is 0 Å². The minimum Gasteiger partial charge on any atom is -0.259 e. The van der Waals surface area contributed by atoms with E-state index in [1.54, 1.807) is 18.3 Å². The zero-order valence-corrected chi connectivity index (χ0v) is 8.24. The Labute approximate surface area is 82.5 Å². The summed E-state index contributed by atoms with van der Waals surface area (Å²) in [6, 6.07) is 3.60. The van der Waals surface area contributed by atoms with E-state index in [9.17, 15) is 8.42 Å². The molecule has 2 rings (SSSR count). The van der Waals surface area contributed by atoms with Gasteiger partial charge in [-0.3, -0.25) is 4.98 Å². The molecule has 0 bridgehead atoms. The van der Waals surface area contributed by atoms with E-state index in [4.69, 9.17) is 5.14 Å². The Hall–Kier alpha value is -1.20. The van der Waals surface area contributed by atoms with Gasteiger partial charge in [0.15, 0.2) is 0 Å². The molecule has 0 amide bonds. The molecule has 1 unspecified atom stereocenters. The molecule has 0 saturated carbocycles. The number of hydrogen-bond acceptors (Lipinski definition) is 3. The van der Waals surface area contributed by atoms with Crippen LogP contribution in [0.25, 0.3) is 6.08 Å². The molecule has 14 heavy (non-hydrogen) atoms. The molecule has 0 aliphatic heterocycles. The third-order valence-electron chi connectivity index (χ3n) is 2.22. The van der Waals surface area contributed by atoms with Crippen LogP contribution >= 0.6 is 0 Å². The topological polar surface area (TPSA) is 73.1 Å². The van der Waals surface area contributed by atoms with Crippen molar-refractivity contribution >= 4 is 16.1 Å². The molecule has 0 fully saturated rings. The quantitative estimate of drug-likeness (QED) is 0.746. The molecule has 1 aromatic rings. The minimum atomic E-state index is -3.55. The van der Waals surface area contributed by atoms with Gasteiger partial charge in [0.1, 0.15) is 5.25 Å². The van der Waals surface area contributed by atoms with E-state index in [-0.39, 0.29) is 0 Å². The van der Waals surface area contributed by atoms with Gasteiger partial charge in [0, 0.05) is 6.20 Å². The predicted octanol–water partition coefficient (Wildman–Crippen LogP) is 0.828.